The predicted octanol–water partition coefficient (Wildman–Crippen LogP) is 2.43. The molecule has 0 amide bonds. The SMILES string of the molecule is CN1C[C@@H]2[C@@H](C1)[C@H]1CC[C@H]2C1OC(=O)c1ccccc1. The molecule has 1 saturated heterocycles. The summed E-state index contributed by atoms with van der Waals surface area (Å²) in [5.41, 5.74) is 0.682. The largest absolute Gasteiger partial charge is 0.458 e. The minimum atomic E-state index is -0.138. The maximum absolute atomic E-state index is 12.3. The van der Waals surface area contributed by atoms with Crippen LogP contribution in [0.1, 0.15) is 23.2 Å². The zero-order chi connectivity index (χ0) is 13.7. The fourth-order valence-electron chi connectivity index (χ4n) is 4.86. The Labute approximate surface area is 119 Å². The third kappa shape index (κ3) is 1.80. The van der Waals surface area contributed by atoms with Crippen molar-refractivity contribution in [1.82, 2.24) is 4.90 Å². The number of rotatable bonds is 2. The van der Waals surface area contributed by atoms with Crippen LogP contribution in [0.5, 0.6) is 0 Å². The van der Waals surface area contributed by atoms with E-state index in [1.807, 2.05) is 30.3 Å². The van der Waals surface area contributed by atoms with Crippen molar-refractivity contribution in [2.24, 2.45) is 23.7 Å². The van der Waals surface area contributed by atoms with Crippen LogP contribution in [-0.4, -0.2) is 37.1 Å². The van der Waals surface area contributed by atoms with E-state index >= 15 is 0 Å². The third-order valence-corrected chi connectivity index (χ3v) is 5.62. The summed E-state index contributed by atoms with van der Waals surface area (Å²) in [5, 5.41) is 0. The summed E-state index contributed by atoms with van der Waals surface area (Å²) < 4.78 is 5.90. The molecule has 4 atom stereocenters. The van der Waals surface area contributed by atoms with E-state index < -0.39 is 0 Å². The summed E-state index contributed by atoms with van der Waals surface area (Å²) in [6.07, 6.45) is 2.66. The Morgan fingerprint density at radius 1 is 1.05 bits per heavy atom. The van der Waals surface area contributed by atoms with Gasteiger partial charge in [0.25, 0.3) is 0 Å². The Kier molecular flexibility index (Phi) is 2.84. The van der Waals surface area contributed by atoms with Crippen molar-refractivity contribution in [3.63, 3.8) is 0 Å². The highest BCUT2D eigenvalue weighted by atomic mass is 16.5. The second kappa shape index (κ2) is 4.59. The molecular weight excluding hydrogens is 250 g/mol. The highest BCUT2D eigenvalue weighted by Crippen LogP contribution is 2.56. The fourth-order valence-corrected chi connectivity index (χ4v) is 4.86. The average molecular weight is 271 g/mol. The van der Waals surface area contributed by atoms with Gasteiger partial charge in [-0.05, 0) is 43.9 Å². The number of hydrogen-bond donors (Lipinski definition) is 0. The van der Waals surface area contributed by atoms with Gasteiger partial charge in [-0.15, -0.1) is 0 Å². The average Bonchev–Trinajstić information content (AvgIpc) is 3.10. The van der Waals surface area contributed by atoms with Gasteiger partial charge in [0.05, 0.1) is 5.56 Å². The Morgan fingerprint density at radius 2 is 1.65 bits per heavy atom. The molecule has 1 aromatic carbocycles. The Hall–Kier alpha value is -1.35. The van der Waals surface area contributed by atoms with Crippen LogP contribution >= 0.6 is 0 Å². The van der Waals surface area contributed by atoms with Crippen LogP contribution in [0.25, 0.3) is 0 Å². The van der Waals surface area contributed by atoms with Gasteiger partial charge in [0.2, 0.25) is 0 Å². The lowest BCUT2D eigenvalue weighted by molar-refractivity contribution is 0.0139. The number of carbonyl (C=O) groups excluding carboxylic acids is 1. The Balaban J connectivity index is 1.50. The molecule has 1 aliphatic heterocycles. The summed E-state index contributed by atoms with van der Waals surface area (Å²) in [6.45, 7) is 2.37. The molecule has 20 heavy (non-hydrogen) atoms. The molecule has 4 rings (SSSR count). The van der Waals surface area contributed by atoms with Crippen LogP contribution in [-0.2, 0) is 4.74 Å². The number of fused-ring (bicyclic) bond motifs is 5. The molecule has 2 saturated carbocycles. The van der Waals surface area contributed by atoms with Crippen LogP contribution in [0.4, 0.5) is 0 Å². The minimum absolute atomic E-state index is 0.138. The van der Waals surface area contributed by atoms with Crippen LogP contribution in [0.15, 0.2) is 30.3 Å². The maximum Gasteiger partial charge on any atom is 0.338 e. The van der Waals surface area contributed by atoms with E-state index in [1.54, 1.807) is 0 Å². The van der Waals surface area contributed by atoms with E-state index in [2.05, 4.69) is 11.9 Å². The molecule has 0 radical (unpaired) electrons. The van der Waals surface area contributed by atoms with Crippen molar-refractivity contribution < 1.29 is 9.53 Å². The van der Waals surface area contributed by atoms with Gasteiger partial charge in [-0.25, -0.2) is 4.79 Å². The summed E-state index contributed by atoms with van der Waals surface area (Å²) in [4.78, 5) is 14.7. The van der Waals surface area contributed by atoms with Crippen LogP contribution in [0.3, 0.4) is 0 Å². The third-order valence-electron chi connectivity index (χ3n) is 5.62. The normalized spacial score (nSPS) is 39.0. The first-order chi connectivity index (χ1) is 9.74. The van der Waals surface area contributed by atoms with Crippen molar-refractivity contribution in [2.45, 2.75) is 18.9 Å². The van der Waals surface area contributed by atoms with Crippen molar-refractivity contribution in [3.05, 3.63) is 35.9 Å². The Bertz CT molecular complexity index is 495. The van der Waals surface area contributed by atoms with Gasteiger partial charge in [-0.3, -0.25) is 0 Å². The van der Waals surface area contributed by atoms with Crippen molar-refractivity contribution in [3.8, 4) is 0 Å². The van der Waals surface area contributed by atoms with Crippen molar-refractivity contribution >= 4 is 5.97 Å². The minimum Gasteiger partial charge on any atom is -0.458 e. The van der Waals surface area contributed by atoms with Gasteiger partial charge in [0.15, 0.2) is 0 Å². The van der Waals surface area contributed by atoms with Gasteiger partial charge < -0.3 is 9.64 Å². The molecule has 0 spiro atoms. The molecule has 1 aromatic rings. The lowest BCUT2D eigenvalue weighted by Gasteiger charge is -2.21. The number of carbonyl (C=O) groups is 1. The first-order valence-corrected chi connectivity index (χ1v) is 7.68. The summed E-state index contributed by atoms with van der Waals surface area (Å²) in [6, 6.07) is 9.39. The number of likely N-dealkylation sites (tertiary alicyclic amines) is 1. The molecule has 0 aromatic heterocycles. The maximum atomic E-state index is 12.3. The first-order valence-electron chi connectivity index (χ1n) is 7.68. The molecule has 3 heteroatoms. The molecular formula is C17H21NO2. The molecule has 0 N–H and O–H groups in total. The molecule has 3 fully saturated rings. The van der Waals surface area contributed by atoms with E-state index in [9.17, 15) is 4.79 Å². The van der Waals surface area contributed by atoms with Gasteiger partial charge in [0.1, 0.15) is 6.10 Å². The van der Waals surface area contributed by atoms with Crippen molar-refractivity contribution in [1.29, 1.82) is 0 Å². The van der Waals surface area contributed by atoms with Gasteiger partial charge >= 0.3 is 5.97 Å². The second-order valence-electron chi connectivity index (χ2n) is 6.69. The standard InChI is InChI=1S/C17H21NO2/c1-18-9-14-12-7-8-13(15(14)10-18)16(12)20-17(19)11-5-3-2-4-6-11/h2-6,12-16H,7-10H2,1H3/t12-,13-,14+,15+/m1/s1. The van der Waals surface area contributed by atoms with Gasteiger partial charge in [-0.2, -0.15) is 0 Å². The smallest absolute Gasteiger partial charge is 0.338 e. The van der Waals surface area contributed by atoms with Crippen LogP contribution in [0.2, 0.25) is 0 Å². The van der Waals surface area contributed by atoms with Gasteiger partial charge in [0, 0.05) is 24.9 Å². The fraction of sp³-hybridized carbons (Fsp3) is 0.588. The summed E-state index contributed by atoms with van der Waals surface area (Å²) in [5.74, 6) is 2.57. The molecule has 0 unspecified atom stereocenters. The quantitative estimate of drug-likeness (QED) is 0.774. The number of benzene rings is 1. The molecule has 1 heterocycles. The molecule has 2 aliphatic carbocycles. The van der Waals surface area contributed by atoms with Gasteiger partial charge in [-0.1, -0.05) is 18.2 Å². The zero-order valence-corrected chi connectivity index (χ0v) is 11.9. The molecule has 3 nitrogen and oxygen atoms in total. The lowest BCUT2D eigenvalue weighted by atomic mass is 9.82. The lowest BCUT2D eigenvalue weighted by Crippen LogP contribution is -2.28. The van der Waals surface area contributed by atoms with Crippen molar-refractivity contribution in [2.75, 3.05) is 20.1 Å². The highest BCUT2D eigenvalue weighted by molar-refractivity contribution is 5.89. The highest BCUT2D eigenvalue weighted by Gasteiger charge is 2.58. The molecule has 2 bridgehead atoms. The Morgan fingerprint density at radius 3 is 2.25 bits per heavy atom. The van der Waals surface area contributed by atoms with E-state index in [-0.39, 0.29) is 12.1 Å². The van der Waals surface area contributed by atoms with E-state index in [4.69, 9.17) is 4.74 Å². The number of hydrogen-bond acceptors (Lipinski definition) is 3. The van der Waals surface area contributed by atoms with Crippen LogP contribution in [0, 0.1) is 23.7 Å². The first kappa shape index (κ1) is 12.4. The second-order valence-corrected chi connectivity index (χ2v) is 6.69. The van der Waals surface area contributed by atoms with E-state index in [0.29, 0.717) is 17.4 Å². The summed E-state index contributed by atoms with van der Waals surface area (Å²) in [7, 11) is 2.21. The molecule has 106 valence electrons. The van der Waals surface area contributed by atoms with Crippen LogP contribution < -0.4 is 0 Å². The number of ether oxygens (including phenoxy) is 1. The van der Waals surface area contributed by atoms with E-state index in [0.717, 1.165) is 11.8 Å². The summed E-state index contributed by atoms with van der Waals surface area (Å²) >= 11 is 0. The topological polar surface area (TPSA) is 29.5 Å². The number of nitrogens with zero attached hydrogens (tertiary/aromatic N) is 1. The monoisotopic (exact) mass is 271 g/mol. The molecule has 3 aliphatic rings. The van der Waals surface area contributed by atoms with E-state index in [1.165, 1.54) is 25.9 Å². The number of esters is 1. The zero-order valence-electron chi connectivity index (χ0n) is 11.9. The predicted molar refractivity (Wildman–Crippen MR) is 76.3 cm³/mol.